The van der Waals surface area contributed by atoms with Crippen molar-refractivity contribution in [3.8, 4) is 11.1 Å². The number of nitrogens with zero attached hydrogens (tertiary/aromatic N) is 4. The van der Waals surface area contributed by atoms with Crippen molar-refractivity contribution >= 4 is 27.8 Å². The molecule has 0 unspecified atom stereocenters. The summed E-state index contributed by atoms with van der Waals surface area (Å²) in [5.74, 6) is 0.0903. The minimum absolute atomic E-state index is 0.0903. The Morgan fingerprint density at radius 1 is 1.03 bits per heavy atom. The number of fused-ring (bicyclic) bond motifs is 2. The first-order valence-corrected chi connectivity index (χ1v) is 10.9. The molecule has 0 bridgehead atoms. The highest BCUT2D eigenvalue weighted by Crippen LogP contribution is 2.29. The Morgan fingerprint density at radius 2 is 1.77 bits per heavy atom. The van der Waals surface area contributed by atoms with Crippen LogP contribution in [0.15, 0.2) is 61.1 Å². The van der Waals surface area contributed by atoms with E-state index < -0.39 is 0 Å². The van der Waals surface area contributed by atoms with Gasteiger partial charge in [-0.3, -0.25) is 14.8 Å². The number of carbonyl (C=O) groups excluding carboxylic acids is 1. The molecule has 0 atom stereocenters. The van der Waals surface area contributed by atoms with Gasteiger partial charge in [-0.05, 0) is 42.0 Å². The van der Waals surface area contributed by atoms with E-state index in [9.17, 15) is 4.79 Å². The summed E-state index contributed by atoms with van der Waals surface area (Å²) in [6.45, 7) is 5.99. The van der Waals surface area contributed by atoms with Crippen molar-refractivity contribution in [1.29, 1.82) is 0 Å². The smallest absolute Gasteiger partial charge is 0.236 e. The third-order valence-corrected chi connectivity index (χ3v) is 5.33. The fourth-order valence-electron chi connectivity index (χ4n) is 3.75. The molecule has 0 radical (unpaired) electrons. The molecule has 0 aliphatic carbocycles. The topological polar surface area (TPSA) is 77.0 Å². The van der Waals surface area contributed by atoms with Gasteiger partial charge >= 0.3 is 0 Å². The fourth-order valence-corrected chi connectivity index (χ4v) is 3.75. The summed E-state index contributed by atoms with van der Waals surface area (Å²) in [6.07, 6.45) is 7.84. The molecule has 31 heavy (non-hydrogen) atoms. The van der Waals surface area contributed by atoms with Crippen molar-refractivity contribution in [3.63, 3.8) is 0 Å². The maximum Gasteiger partial charge on any atom is 0.236 e. The summed E-state index contributed by atoms with van der Waals surface area (Å²) in [7, 11) is 2.06. The fraction of sp³-hybridized carbons (Fsp3) is 0.320. The number of aromatic nitrogens is 3. The van der Waals surface area contributed by atoms with Crippen LogP contribution in [0.1, 0.15) is 26.7 Å². The van der Waals surface area contributed by atoms with Crippen LogP contribution in [-0.2, 0) is 11.8 Å². The number of likely N-dealkylation sites (tertiary alicyclic amines) is 1. The average Bonchev–Trinajstić information content (AvgIpc) is 3.50. The molecule has 1 fully saturated rings. The first-order chi connectivity index (χ1) is 15.2. The molecule has 162 valence electrons. The maximum atomic E-state index is 10.8. The van der Waals surface area contributed by atoms with Crippen LogP contribution < -0.4 is 5.73 Å². The molecule has 6 nitrogen and oxygen atoms in total. The highest BCUT2D eigenvalue weighted by atomic mass is 16.2. The molecule has 1 amide bonds. The molecule has 0 spiro atoms. The summed E-state index contributed by atoms with van der Waals surface area (Å²) in [5, 5.41) is 1.25. The van der Waals surface area contributed by atoms with Gasteiger partial charge in [-0.15, -0.1) is 0 Å². The zero-order valence-corrected chi connectivity index (χ0v) is 18.6. The Kier molecular flexibility index (Phi) is 7.73. The number of amides is 1. The Morgan fingerprint density at radius 3 is 2.52 bits per heavy atom. The number of benzene rings is 2. The summed E-state index contributed by atoms with van der Waals surface area (Å²) < 4.78 is 2.13. The molecule has 5 rings (SSSR count). The normalized spacial score (nSPS) is 12.8. The van der Waals surface area contributed by atoms with Crippen LogP contribution in [0.5, 0.6) is 0 Å². The molecule has 2 N–H and O–H groups in total. The zero-order valence-electron chi connectivity index (χ0n) is 18.6. The van der Waals surface area contributed by atoms with Gasteiger partial charge in [0.25, 0.3) is 0 Å². The number of carbonyl (C=O) groups is 1. The Labute approximate surface area is 183 Å². The van der Waals surface area contributed by atoms with Crippen LogP contribution in [0.4, 0.5) is 0 Å². The first-order valence-electron chi connectivity index (χ1n) is 10.9. The van der Waals surface area contributed by atoms with Crippen LogP contribution in [0.25, 0.3) is 33.1 Å². The van der Waals surface area contributed by atoms with Crippen LogP contribution in [-0.4, -0.2) is 45.0 Å². The second-order valence-corrected chi connectivity index (χ2v) is 7.22. The van der Waals surface area contributed by atoms with E-state index in [-0.39, 0.29) is 12.5 Å². The number of rotatable bonds is 2. The van der Waals surface area contributed by atoms with Crippen molar-refractivity contribution in [2.75, 3.05) is 19.6 Å². The molecule has 2 aromatic carbocycles. The number of aryl methyl sites for hydroxylation is 1. The van der Waals surface area contributed by atoms with Gasteiger partial charge in [-0.25, -0.2) is 0 Å². The highest BCUT2D eigenvalue weighted by Gasteiger charge is 2.15. The molecule has 1 saturated heterocycles. The van der Waals surface area contributed by atoms with E-state index in [0.717, 1.165) is 42.5 Å². The van der Waals surface area contributed by atoms with E-state index in [1.807, 2.05) is 30.9 Å². The van der Waals surface area contributed by atoms with Crippen molar-refractivity contribution in [2.45, 2.75) is 26.7 Å². The van der Waals surface area contributed by atoms with E-state index in [1.54, 1.807) is 12.4 Å². The Bertz CT molecular complexity index is 1140. The van der Waals surface area contributed by atoms with Gasteiger partial charge in [0.15, 0.2) is 0 Å². The lowest BCUT2D eigenvalue weighted by atomic mass is 10.0. The van der Waals surface area contributed by atoms with E-state index in [2.05, 4.69) is 58.1 Å². The van der Waals surface area contributed by atoms with E-state index in [1.165, 1.54) is 16.5 Å². The van der Waals surface area contributed by atoms with Gasteiger partial charge in [0.05, 0.1) is 17.6 Å². The van der Waals surface area contributed by atoms with Crippen LogP contribution in [0.3, 0.4) is 0 Å². The van der Waals surface area contributed by atoms with Crippen molar-refractivity contribution < 1.29 is 4.79 Å². The quantitative estimate of drug-likeness (QED) is 0.525. The maximum absolute atomic E-state index is 10.8. The van der Waals surface area contributed by atoms with Gasteiger partial charge in [0.2, 0.25) is 5.91 Å². The third kappa shape index (κ3) is 5.09. The van der Waals surface area contributed by atoms with E-state index in [4.69, 9.17) is 5.73 Å². The SMILES string of the molecule is CC.Cn1ccc2ccc(-c3cccc4nccnc34)cc21.NCC(=O)N1CCCC1. The molecule has 6 heteroatoms. The van der Waals surface area contributed by atoms with Crippen molar-refractivity contribution in [3.05, 3.63) is 61.1 Å². The summed E-state index contributed by atoms with van der Waals surface area (Å²) in [5.41, 5.74) is 10.6. The average molecular weight is 418 g/mol. The summed E-state index contributed by atoms with van der Waals surface area (Å²) in [6, 6.07) is 14.8. The predicted molar refractivity (Wildman–Crippen MR) is 128 cm³/mol. The zero-order chi connectivity index (χ0) is 22.2. The minimum Gasteiger partial charge on any atom is -0.351 e. The standard InChI is InChI=1S/C17H13N3.C6H12N2O.C2H6/c1-20-10-7-12-5-6-13(11-16(12)20)14-3-2-4-15-17(14)19-9-8-18-15;7-5-6(9)8-3-1-2-4-8;1-2/h2-11H,1H3;1-5,7H2;1-2H3. The molecule has 1 aliphatic rings. The van der Waals surface area contributed by atoms with Gasteiger partial charge in [-0.2, -0.15) is 0 Å². The number of hydrogen-bond acceptors (Lipinski definition) is 4. The minimum atomic E-state index is 0.0903. The second kappa shape index (κ2) is 10.7. The van der Waals surface area contributed by atoms with Gasteiger partial charge in [0.1, 0.15) is 0 Å². The monoisotopic (exact) mass is 417 g/mol. The molecule has 3 heterocycles. The third-order valence-electron chi connectivity index (χ3n) is 5.33. The van der Waals surface area contributed by atoms with E-state index >= 15 is 0 Å². The largest absolute Gasteiger partial charge is 0.351 e. The van der Waals surface area contributed by atoms with Gasteiger partial charge in [-0.1, -0.05) is 38.1 Å². The first kappa shape index (κ1) is 22.4. The Balaban J connectivity index is 0.000000209. The molecular formula is C25H31N5O. The van der Waals surface area contributed by atoms with Gasteiger partial charge in [0, 0.05) is 49.8 Å². The van der Waals surface area contributed by atoms with Crippen LogP contribution >= 0.6 is 0 Å². The highest BCUT2D eigenvalue weighted by molar-refractivity contribution is 5.94. The van der Waals surface area contributed by atoms with E-state index in [0.29, 0.717) is 0 Å². The molecule has 0 saturated carbocycles. The van der Waals surface area contributed by atoms with Crippen LogP contribution in [0.2, 0.25) is 0 Å². The predicted octanol–water partition coefficient (Wildman–Crippen LogP) is 4.38. The molecule has 4 aromatic rings. The summed E-state index contributed by atoms with van der Waals surface area (Å²) in [4.78, 5) is 21.5. The number of nitrogens with two attached hydrogens (primary N) is 1. The molecule has 1 aliphatic heterocycles. The lowest BCUT2D eigenvalue weighted by molar-refractivity contribution is -0.128. The number of hydrogen-bond donors (Lipinski definition) is 1. The lowest BCUT2D eigenvalue weighted by Crippen LogP contribution is -2.33. The number of para-hydroxylation sites is 1. The second-order valence-electron chi connectivity index (χ2n) is 7.22. The van der Waals surface area contributed by atoms with Crippen molar-refractivity contribution in [2.24, 2.45) is 12.8 Å². The van der Waals surface area contributed by atoms with Crippen molar-refractivity contribution in [1.82, 2.24) is 19.4 Å². The molecule has 2 aromatic heterocycles. The summed E-state index contributed by atoms with van der Waals surface area (Å²) >= 11 is 0. The van der Waals surface area contributed by atoms with Crippen LogP contribution in [0, 0.1) is 0 Å². The molecular weight excluding hydrogens is 386 g/mol. The lowest BCUT2D eigenvalue weighted by Gasteiger charge is -2.12. The van der Waals surface area contributed by atoms with Gasteiger partial charge < -0.3 is 15.2 Å². The Hall–Kier alpha value is -3.25.